The van der Waals surface area contributed by atoms with Crippen LogP contribution in [0.5, 0.6) is 0 Å². The van der Waals surface area contributed by atoms with Gasteiger partial charge in [-0.25, -0.2) is 0 Å². The summed E-state index contributed by atoms with van der Waals surface area (Å²) in [5.74, 6) is 0.939. The van der Waals surface area contributed by atoms with Crippen molar-refractivity contribution < 1.29 is 9.53 Å². The Labute approximate surface area is 79.7 Å². The van der Waals surface area contributed by atoms with Crippen molar-refractivity contribution in [3.8, 4) is 0 Å². The minimum atomic E-state index is 0.197. The van der Waals surface area contributed by atoms with Crippen LogP contribution >= 0.6 is 0 Å². The third kappa shape index (κ3) is 1.78. The third-order valence-electron chi connectivity index (χ3n) is 3.26. The van der Waals surface area contributed by atoms with Crippen molar-refractivity contribution in [3.63, 3.8) is 0 Å². The molecule has 0 saturated carbocycles. The van der Waals surface area contributed by atoms with Gasteiger partial charge in [-0.1, -0.05) is 13.8 Å². The number of fused-ring (bicyclic) bond motifs is 2. The van der Waals surface area contributed by atoms with E-state index in [1.54, 1.807) is 0 Å². The molecule has 2 aliphatic heterocycles. The zero-order valence-corrected chi connectivity index (χ0v) is 8.45. The van der Waals surface area contributed by atoms with Crippen molar-refractivity contribution in [2.75, 3.05) is 0 Å². The minimum absolute atomic E-state index is 0.197. The molecule has 2 unspecified atom stereocenters. The second-order valence-electron chi connectivity index (χ2n) is 4.68. The van der Waals surface area contributed by atoms with Crippen LogP contribution in [0.25, 0.3) is 0 Å². The van der Waals surface area contributed by atoms with Crippen LogP contribution in [0, 0.1) is 11.8 Å². The van der Waals surface area contributed by atoms with E-state index in [1.165, 1.54) is 12.8 Å². The maximum Gasteiger partial charge on any atom is 0.138 e. The lowest BCUT2D eigenvalue weighted by molar-refractivity contribution is -0.131. The average molecular weight is 182 g/mol. The standard InChI is InChI=1S/C11H18O2/c1-7(2)11(12)8-5-9-3-4-10(6-8)13-9/h7-10H,3-6H2,1-2H3. The van der Waals surface area contributed by atoms with Crippen molar-refractivity contribution >= 4 is 5.78 Å². The summed E-state index contributed by atoms with van der Waals surface area (Å²) in [4.78, 5) is 11.8. The van der Waals surface area contributed by atoms with Gasteiger partial charge >= 0.3 is 0 Å². The Hall–Kier alpha value is -0.370. The molecule has 2 fully saturated rings. The lowest BCUT2D eigenvalue weighted by Gasteiger charge is -2.28. The van der Waals surface area contributed by atoms with E-state index in [2.05, 4.69) is 0 Å². The molecule has 74 valence electrons. The van der Waals surface area contributed by atoms with Gasteiger partial charge in [0.05, 0.1) is 12.2 Å². The van der Waals surface area contributed by atoms with Gasteiger partial charge in [0.1, 0.15) is 5.78 Å². The van der Waals surface area contributed by atoms with Crippen LogP contribution in [-0.4, -0.2) is 18.0 Å². The van der Waals surface area contributed by atoms with Crippen LogP contribution in [-0.2, 0) is 9.53 Å². The van der Waals surface area contributed by atoms with Crippen LogP contribution in [0.4, 0.5) is 0 Å². The molecule has 0 spiro atoms. The number of ketones is 1. The van der Waals surface area contributed by atoms with Gasteiger partial charge in [0, 0.05) is 11.8 Å². The van der Waals surface area contributed by atoms with Crippen LogP contribution in [0.2, 0.25) is 0 Å². The molecule has 2 atom stereocenters. The summed E-state index contributed by atoms with van der Waals surface area (Å²) >= 11 is 0. The molecular formula is C11H18O2. The zero-order valence-electron chi connectivity index (χ0n) is 8.45. The van der Waals surface area contributed by atoms with Gasteiger partial charge < -0.3 is 4.74 Å². The summed E-state index contributed by atoms with van der Waals surface area (Å²) in [6.45, 7) is 4.00. The molecule has 2 aliphatic rings. The molecule has 0 N–H and O–H groups in total. The topological polar surface area (TPSA) is 26.3 Å². The molecule has 0 aliphatic carbocycles. The van der Waals surface area contributed by atoms with Crippen LogP contribution in [0.3, 0.4) is 0 Å². The summed E-state index contributed by atoms with van der Waals surface area (Å²) in [7, 11) is 0. The Morgan fingerprint density at radius 2 is 1.77 bits per heavy atom. The highest BCUT2D eigenvalue weighted by atomic mass is 16.5. The van der Waals surface area contributed by atoms with E-state index in [-0.39, 0.29) is 5.92 Å². The van der Waals surface area contributed by atoms with Gasteiger partial charge in [-0.2, -0.15) is 0 Å². The minimum Gasteiger partial charge on any atom is -0.375 e. The molecule has 2 saturated heterocycles. The van der Waals surface area contributed by atoms with E-state index >= 15 is 0 Å². The molecule has 2 heteroatoms. The second-order valence-corrected chi connectivity index (χ2v) is 4.68. The maximum atomic E-state index is 11.8. The quantitative estimate of drug-likeness (QED) is 0.654. The summed E-state index contributed by atoms with van der Waals surface area (Å²) in [6, 6.07) is 0. The predicted molar refractivity (Wildman–Crippen MR) is 50.5 cm³/mol. The Morgan fingerprint density at radius 1 is 1.23 bits per heavy atom. The fraction of sp³-hybridized carbons (Fsp3) is 0.909. The third-order valence-corrected chi connectivity index (χ3v) is 3.26. The monoisotopic (exact) mass is 182 g/mol. The van der Waals surface area contributed by atoms with Crippen molar-refractivity contribution in [1.82, 2.24) is 0 Å². The SMILES string of the molecule is CC(C)C(=O)C1CC2CCC(C1)O2. The Balaban J connectivity index is 1.98. The smallest absolute Gasteiger partial charge is 0.138 e. The van der Waals surface area contributed by atoms with Crippen LogP contribution < -0.4 is 0 Å². The summed E-state index contributed by atoms with van der Waals surface area (Å²) in [6.07, 6.45) is 5.10. The van der Waals surface area contributed by atoms with Crippen molar-refractivity contribution in [2.24, 2.45) is 11.8 Å². The van der Waals surface area contributed by atoms with E-state index in [0.717, 1.165) is 12.8 Å². The summed E-state index contributed by atoms with van der Waals surface area (Å²) in [5, 5.41) is 0. The molecule has 0 aromatic heterocycles. The van der Waals surface area contributed by atoms with Crippen LogP contribution in [0.15, 0.2) is 0 Å². The molecule has 2 rings (SSSR count). The molecule has 13 heavy (non-hydrogen) atoms. The highest BCUT2D eigenvalue weighted by Gasteiger charge is 2.38. The van der Waals surface area contributed by atoms with E-state index in [4.69, 9.17) is 4.74 Å². The number of hydrogen-bond acceptors (Lipinski definition) is 2. The van der Waals surface area contributed by atoms with Crippen molar-refractivity contribution in [2.45, 2.75) is 51.7 Å². The number of ether oxygens (including phenoxy) is 1. The largest absolute Gasteiger partial charge is 0.375 e. The van der Waals surface area contributed by atoms with Gasteiger partial charge in [-0.05, 0) is 25.7 Å². The molecule has 0 amide bonds. The highest BCUT2D eigenvalue weighted by Crippen LogP contribution is 2.36. The Morgan fingerprint density at radius 3 is 2.23 bits per heavy atom. The van der Waals surface area contributed by atoms with Crippen molar-refractivity contribution in [1.29, 1.82) is 0 Å². The molecule has 2 nitrogen and oxygen atoms in total. The predicted octanol–water partition coefficient (Wildman–Crippen LogP) is 2.17. The molecule has 2 heterocycles. The lowest BCUT2D eigenvalue weighted by Crippen LogP contribution is -2.32. The second kappa shape index (κ2) is 3.41. The molecule has 2 bridgehead atoms. The fourth-order valence-corrected chi connectivity index (χ4v) is 2.56. The van der Waals surface area contributed by atoms with Crippen molar-refractivity contribution in [3.05, 3.63) is 0 Å². The summed E-state index contributed by atoms with van der Waals surface area (Å²) in [5.41, 5.74) is 0. The van der Waals surface area contributed by atoms with Crippen LogP contribution in [0.1, 0.15) is 39.5 Å². The van der Waals surface area contributed by atoms with E-state index in [9.17, 15) is 4.79 Å². The lowest BCUT2D eigenvalue weighted by atomic mass is 9.86. The first-order valence-corrected chi connectivity index (χ1v) is 5.36. The number of rotatable bonds is 2. The molecular weight excluding hydrogens is 164 g/mol. The first kappa shape index (κ1) is 9.20. The van der Waals surface area contributed by atoms with E-state index < -0.39 is 0 Å². The summed E-state index contributed by atoms with van der Waals surface area (Å²) < 4.78 is 5.71. The Kier molecular flexibility index (Phi) is 2.41. The number of Topliss-reactive ketones (excluding diaryl/α,β-unsaturated/α-hetero) is 1. The molecule has 0 radical (unpaired) electrons. The van der Waals surface area contributed by atoms with Gasteiger partial charge in [0.15, 0.2) is 0 Å². The number of carbonyl (C=O) groups is 1. The number of carbonyl (C=O) groups excluding carboxylic acids is 1. The molecule has 0 aromatic rings. The highest BCUT2D eigenvalue weighted by molar-refractivity contribution is 5.83. The van der Waals surface area contributed by atoms with E-state index in [1.807, 2.05) is 13.8 Å². The normalized spacial score (nSPS) is 38.2. The Bertz CT molecular complexity index is 198. The zero-order chi connectivity index (χ0) is 9.42. The van der Waals surface area contributed by atoms with Gasteiger partial charge in [-0.15, -0.1) is 0 Å². The average Bonchev–Trinajstić information content (AvgIpc) is 2.44. The van der Waals surface area contributed by atoms with Gasteiger partial charge in [0.2, 0.25) is 0 Å². The number of hydrogen-bond donors (Lipinski definition) is 0. The van der Waals surface area contributed by atoms with Gasteiger partial charge in [-0.3, -0.25) is 4.79 Å². The fourth-order valence-electron chi connectivity index (χ4n) is 2.56. The first-order chi connectivity index (χ1) is 6.16. The van der Waals surface area contributed by atoms with Gasteiger partial charge in [0.25, 0.3) is 0 Å². The first-order valence-electron chi connectivity index (χ1n) is 5.36. The van der Waals surface area contributed by atoms with E-state index in [0.29, 0.717) is 23.9 Å². The maximum absolute atomic E-state index is 11.8. The molecule has 0 aromatic carbocycles.